The highest BCUT2D eigenvalue weighted by Gasteiger charge is 2.27. The number of carbonyl (C=O) groups excluding carboxylic acids is 4. The van der Waals surface area contributed by atoms with Crippen LogP contribution in [-0.2, 0) is 39.4 Å². The Morgan fingerprint density at radius 1 is 0.580 bits per heavy atom. The first-order valence-electron chi connectivity index (χ1n) is 32.0. The van der Waals surface area contributed by atoms with Crippen molar-refractivity contribution in [3.05, 3.63) is 93.7 Å². The summed E-state index contributed by atoms with van der Waals surface area (Å²) < 4.78 is 78.9. The predicted molar refractivity (Wildman–Crippen MR) is 389 cm³/mol. The quantitative estimate of drug-likeness (QED) is 0.00530. The van der Waals surface area contributed by atoms with Crippen molar-refractivity contribution in [1.82, 2.24) is 24.9 Å². The molecular formula is C65H77N17O13S5. The minimum absolute atomic E-state index is 0.0277. The van der Waals surface area contributed by atoms with Crippen molar-refractivity contribution in [3.8, 4) is 11.5 Å². The van der Waals surface area contributed by atoms with Crippen molar-refractivity contribution < 1.29 is 59.7 Å². The molecule has 0 spiro atoms. The number of thiazole rings is 2. The summed E-state index contributed by atoms with van der Waals surface area (Å²) in [5.41, 5.74) is 2.18. The maximum atomic E-state index is 13.8. The van der Waals surface area contributed by atoms with Crippen LogP contribution in [0.5, 0.6) is 11.5 Å². The highest BCUT2D eigenvalue weighted by molar-refractivity contribution is 7.99. The molecule has 530 valence electrons. The molecule has 9 rings (SSSR count). The van der Waals surface area contributed by atoms with Gasteiger partial charge in [-0.3, -0.25) is 28.3 Å². The number of nitrogens with one attached hydrogen (secondary N) is 4. The Kier molecular flexibility index (Phi) is 25.6. The van der Waals surface area contributed by atoms with E-state index < -0.39 is 53.4 Å². The Morgan fingerprint density at radius 3 is 1.33 bits per heavy atom. The molecular weight excluding hydrogens is 1390 g/mol. The average molecular weight is 1460 g/mol. The zero-order chi connectivity index (χ0) is 71.8. The molecule has 7 N–H and O–H groups in total. The summed E-state index contributed by atoms with van der Waals surface area (Å²) in [4.78, 5) is 86.7. The van der Waals surface area contributed by atoms with Crippen LogP contribution in [0.1, 0.15) is 89.8 Å². The molecule has 2 aliphatic rings. The van der Waals surface area contributed by atoms with Gasteiger partial charge >= 0.3 is 0 Å². The van der Waals surface area contributed by atoms with E-state index in [4.69, 9.17) is 44.6 Å². The number of aliphatic hydroxyl groups is 1. The Hall–Kier alpha value is -9.36. The van der Waals surface area contributed by atoms with E-state index in [1.165, 1.54) is 62.0 Å². The number of hydrogen-bond donors (Lipinski definition) is 7. The van der Waals surface area contributed by atoms with E-state index in [9.17, 15) is 50.2 Å². The number of azo groups is 2. The van der Waals surface area contributed by atoms with Crippen LogP contribution < -0.4 is 50.3 Å². The molecule has 5 heterocycles. The Bertz CT molecular complexity index is 4250. The molecule has 7 aromatic rings. The molecule has 0 atom stereocenters. The van der Waals surface area contributed by atoms with Gasteiger partial charge in [-0.25, -0.2) is 0 Å². The second kappa shape index (κ2) is 34.1. The second-order valence-electron chi connectivity index (χ2n) is 22.5. The molecule has 2 saturated heterocycles. The van der Waals surface area contributed by atoms with Gasteiger partial charge in [0.25, 0.3) is 32.1 Å². The number of rotatable bonds is 31. The fourth-order valence-electron chi connectivity index (χ4n) is 10.9. The Balaban J connectivity index is 1.10. The molecule has 100 heavy (non-hydrogen) atoms. The number of ether oxygens (including phenoxy) is 2. The summed E-state index contributed by atoms with van der Waals surface area (Å²) >= 11 is 3.33. The number of thioether (sulfide) groups is 1. The van der Waals surface area contributed by atoms with Gasteiger partial charge in [-0.1, -0.05) is 46.6 Å². The minimum atomic E-state index is -4.60. The lowest BCUT2D eigenvalue weighted by Gasteiger charge is -2.27. The Morgan fingerprint density at radius 2 is 0.980 bits per heavy atom. The van der Waals surface area contributed by atoms with Crippen LogP contribution in [0.2, 0.25) is 0 Å². The van der Waals surface area contributed by atoms with Crippen molar-refractivity contribution in [1.29, 1.82) is 0 Å². The third-order valence-electron chi connectivity index (χ3n) is 15.9. The second-order valence-corrected chi connectivity index (χ2v) is 28.4. The number of aliphatic hydroxyl groups excluding tert-OH is 1. The van der Waals surface area contributed by atoms with E-state index in [-0.39, 0.29) is 73.6 Å². The smallest absolute Gasteiger partial charge is 0.294 e. The van der Waals surface area contributed by atoms with Gasteiger partial charge in [-0.05, 0) is 141 Å². The van der Waals surface area contributed by atoms with Crippen molar-refractivity contribution in [2.45, 2.75) is 95.0 Å². The third-order valence-corrected chi connectivity index (χ3v) is 20.1. The largest absolute Gasteiger partial charge is 0.494 e. The fourth-order valence-corrected chi connectivity index (χ4v) is 14.2. The van der Waals surface area contributed by atoms with Crippen LogP contribution in [0, 0.1) is 0 Å². The first-order valence-corrected chi connectivity index (χ1v) is 37.5. The number of Topliss-reactive ketones (excluding diaryl/α,β-unsaturated/α-hetero) is 2. The number of amides is 2. The topological polar surface area (TPSA) is 391 Å². The van der Waals surface area contributed by atoms with E-state index in [1.807, 2.05) is 39.8 Å². The van der Waals surface area contributed by atoms with Gasteiger partial charge in [-0.2, -0.15) is 41.8 Å². The fraction of sp³-hybridized carbons (Fsp3) is 0.369. The first kappa shape index (κ1) is 74.9. The summed E-state index contributed by atoms with van der Waals surface area (Å²) in [6.45, 7) is 15.2. The van der Waals surface area contributed by atoms with E-state index in [0.29, 0.717) is 108 Å². The van der Waals surface area contributed by atoms with Crippen LogP contribution in [0.4, 0.5) is 79.3 Å². The molecule has 0 bridgehead atoms. The zero-order valence-corrected chi connectivity index (χ0v) is 60.3. The van der Waals surface area contributed by atoms with Gasteiger partial charge in [0.1, 0.15) is 34.5 Å². The maximum absolute atomic E-state index is 13.8. The van der Waals surface area contributed by atoms with Gasteiger partial charge in [0.05, 0.1) is 74.3 Å². The van der Waals surface area contributed by atoms with Crippen molar-refractivity contribution in [2.24, 2.45) is 20.5 Å². The molecule has 0 unspecified atom stereocenters. The molecule has 2 aliphatic heterocycles. The number of aromatic nitrogens is 5. The van der Waals surface area contributed by atoms with Crippen LogP contribution in [-0.4, -0.2) is 158 Å². The predicted octanol–water partition coefficient (Wildman–Crippen LogP) is 12.6. The lowest BCUT2D eigenvalue weighted by Crippen LogP contribution is -2.30. The van der Waals surface area contributed by atoms with E-state index >= 15 is 0 Å². The van der Waals surface area contributed by atoms with Gasteiger partial charge < -0.3 is 55.4 Å². The average Bonchev–Trinajstić information content (AvgIpc) is 1.22. The highest BCUT2D eigenvalue weighted by Crippen LogP contribution is 2.45. The van der Waals surface area contributed by atoms with E-state index in [1.54, 1.807) is 26.4 Å². The molecule has 2 amide bonds. The van der Waals surface area contributed by atoms with Crippen LogP contribution in [0.15, 0.2) is 119 Å². The van der Waals surface area contributed by atoms with Crippen LogP contribution >= 0.6 is 34.4 Å². The summed E-state index contributed by atoms with van der Waals surface area (Å²) in [5, 5.41) is 41.3. The molecule has 4 aromatic carbocycles. The number of anilines is 10. The van der Waals surface area contributed by atoms with Crippen LogP contribution in [0.3, 0.4) is 0 Å². The molecule has 2 fully saturated rings. The number of ketones is 2. The monoisotopic (exact) mass is 1460 g/mol. The molecule has 0 radical (unpaired) electrons. The number of piperidine rings is 2. The van der Waals surface area contributed by atoms with E-state index in [2.05, 4.69) is 51.1 Å². The summed E-state index contributed by atoms with van der Waals surface area (Å²) in [6.07, 6.45) is 8.30. The standard InChI is InChI=1S/C65H77N17O13S5/c1-9-79(10-2)51-35-47(49(37-53(51)94-7)75-77-64-70-57(81-25-15-13-16-26-81)55(97-64)33-45(39(5)84)59(86)66-41-21-19-23-43(31-41)99(88,89)90)68-61-72-62(74-63(73-61)96-30-29-83)69-48-36-52(80(11-3)12-4)54(95-8)38-50(48)76-78-65-71-58(82-27-17-14-18-28-82)56(98-65)34-46(40(6)85)60(87)67-42-22-20-24-44(32-42)100(91,92)93/h19-24,31-38,83H,9-18,25-30H2,1-8H3,(H,66,86)(H,67,87)(H,88,89,90)(H,91,92,93)(H2,68,69,72,73,74). The zero-order valence-electron chi connectivity index (χ0n) is 56.2. The SMILES string of the molecule is CCN(CC)c1cc(Nc2nc(Nc3cc(N(CC)CC)c(OC)cc3N=Nc3nc(N4CCCCC4)c(C=C(C(C)=O)C(=O)Nc4cccc(S(=O)(=O)O)c4)s3)nc(SCCO)n2)c(N=Nc2nc(N3CCCCC3)c(C=C(C(C)=O)C(=O)Nc3cccc(S(=O)(=O)O)c3)s2)cc1OC. The number of benzene rings is 4. The van der Waals surface area contributed by atoms with Crippen molar-refractivity contribution in [2.75, 3.05) is 120 Å². The molecule has 0 aliphatic carbocycles. The van der Waals surface area contributed by atoms with Gasteiger partial charge in [0.2, 0.25) is 22.2 Å². The van der Waals surface area contributed by atoms with Gasteiger partial charge in [0, 0.05) is 81.6 Å². The van der Waals surface area contributed by atoms with E-state index in [0.717, 1.165) is 85.5 Å². The number of nitrogens with zero attached hydrogens (tertiary/aromatic N) is 13. The minimum Gasteiger partial charge on any atom is -0.494 e. The van der Waals surface area contributed by atoms with Gasteiger partial charge in [0.15, 0.2) is 16.7 Å². The number of carbonyl (C=O) groups is 4. The number of methoxy groups -OCH3 is 2. The summed E-state index contributed by atoms with van der Waals surface area (Å²) in [6, 6.07) is 17.1. The molecule has 35 heteroatoms. The molecule has 0 saturated carbocycles. The summed E-state index contributed by atoms with van der Waals surface area (Å²) in [7, 11) is -6.12. The van der Waals surface area contributed by atoms with Crippen LogP contribution in [0.25, 0.3) is 12.2 Å². The maximum Gasteiger partial charge on any atom is 0.294 e. The highest BCUT2D eigenvalue weighted by atomic mass is 32.2. The lowest BCUT2D eigenvalue weighted by molar-refractivity contribution is -0.120. The van der Waals surface area contributed by atoms with Gasteiger partial charge in [-0.15, -0.1) is 20.5 Å². The number of hydrogen-bond acceptors (Lipinski definition) is 29. The summed E-state index contributed by atoms with van der Waals surface area (Å²) in [5.74, 6) is -0.664. The molecule has 30 nitrogen and oxygen atoms in total. The van der Waals surface area contributed by atoms with Crippen molar-refractivity contribution in [3.63, 3.8) is 0 Å². The molecule has 3 aromatic heterocycles. The lowest BCUT2D eigenvalue weighted by atomic mass is 10.1. The van der Waals surface area contributed by atoms with Crippen molar-refractivity contribution >= 4 is 169 Å². The normalized spacial score (nSPS) is 13.9. The first-order chi connectivity index (χ1) is 47.9. The third kappa shape index (κ3) is 19.1. The Labute approximate surface area is 591 Å².